The lowest BCUT2D eigenvalue weighted by Gasteiger charge is -2.13. The molecule has 1 aromatic heterocycles. The van der Waals surface area contributed by atoms with Crippen LogP contribution in [-0.4, -0.2) is 36.2 Å². The Balaban J connectivity index is 1.83. The molecule has 0 fully saturated rings. The van der Waals surface area contributed by atoms with Crippen LogP contribution in [0.2, 0.25) is 0 Å². The van der Waals surface area contributed by atoms with E-state index in [4.69, 9.17) is 4.74 Å². The minimum absolute atomic E-state index is 0.0892. The van der Waals surface area contributed by atoms with Gasteiger partial charge in [0.15, 0.2) is 6.10 Å². The average Bonchev–Trinajstić information content (AvgIpc) is 3.12. The normalized spacial score (nSPS) is 11.4. The molecule has 2 amide bonds. The summed E-state index contributed by atoms with van der Waals surface area (Å²) >= 11 is 1.33. The first-order valence-electron chi connectivity index (χ1n) is 9.28. The molecular formula is C21H24N2O5S. The summed E-state index contributed by atoms with van der Waals surface area (Å²) in [6, 6.07) is 9.88. The van der Waals surface area contributed by atoms with Crippen molar-refractivity contribution in [3.63, 3.8) is 0 Å². The van der Waals surface area contributed by atoms with Crippen molar-refractivity contribution in [3.8, 4) is 0 Å². The molecule has 2 aromatic rings. The predicted molar refractivity (Wildman–Crippen MR) is 111 cm³/mol. The minimum atomic E-state index is -0.996. The molecule has 1 unspecified atom stereocenters. The van der Waals surface area contributed by atoms with Crippen LogP contribution in [0, 0.1) is 6.92 Å². The van der Waals surface area contributed by atoms with Gasteiger partial charge in [0.2, 0.25) is 11.7 Å². The first kappa shape index (κ1) is 22.3. The third-order valence-electron chi connectivity index (χ3n) is 3.97. The van der Waals surface area contributed by atoms with Crippen LogP contribution in [0.3, 0.4) is 0 Å². The predicted octanol–water partition coefficient (Wildman–Crippen LogP) is 3.34. The van der Waals surface area contributed by atoms with E-state index in [1.165, 1.54) is 18.3 Å². The van der Waals surface area contributed by atoms with Crippen molar-refractivity contribution in [1.82, 2.24) is 5.32 Å². The molecule has 0 aliphatic carbocycles. The summed E-state index contributed by atoms with van der Waals surface area (Å²) in [5, 5.41) is 5.22. The zero-order valence-corrected chi connectivity index (χ0v) is 17.4. The van der Waals surface area contributed by atoms with Crippen molar-refractivity contribution in [2.75, 3.05) is 11.9 Å². The highest BCUT2D eigenvalue weighted by molar-refractivity contribution is 7.13. The van der Waals surface area contributed by atoms with Crippen molar-refractivity contribution in [2.24, 2.45) is 0 Å². The number of amides is 2. The SMILES string of the molecule is CCCC(=O)Nc1ccc(C(=O)C(C)OC(=O)CNC(=O)c2ccc(C)s2)cc1. The number of anilines is 1. The smallest absolute Gasteiger partial charge is 0.326 e. The fourth-order valence-electron chi connectivity index (χ4n) is 2.49. The first-order valence-corrected chi connectivity index (χ1v) is 10.1. The Morgan fingerprint density at radius 1 is 1.07 bits per heavy atom. The Hall–Kier alpha value is -3.00. The van der Waals surface area contributed by atoms with E-state index in [9.17, 15) is 19.2 Å². The molecule has 1 heterocycles. The van der Waals surface area contributed by atoms with Crippen molar-refractivity contribution in [3.05, 3.63) is 51.7 Å². The molecule has 8 heteroatoms. The fraction of sp³-hybridized carbons (Fsp3) is 0.333. The topological polar surface area (TPSA) is 102 Å². The molecule has 0 aliphatic rings. The van der Waals surface area contributed by atoms with Crippen LogP contribution in [0.1, 0.15) is 51.6 Å². The average molecular weight is 416 g/mol. The number of rotatable bonds is 9. The number of thiophene rings is 1. The van der Waals surface area contributed by atoms with E-state index in [1.54, 1.807) is 30.3 Å². The molecule has 1 atom stereocenters. The molecule has 2 N–H and O–H groups in total. The van der Waals surface area contributed by atoms with Crippen LogP contribution in [0.25, 0.3) is 0 Å². The number of aryl methyl sites for hydroxylation is 1. The van der Waals surface area contributed by atoms with Gasteiger partial charge in [-0.2, -0.15) is 0 Å². The van der Waals surface area contributed by atoms with Crippen LogP contribution in [-0.2, 0) is 14.3 Å². The van der Waals surface area contributed by atoms with E-state index in [0.717, 1.165) is 11.3 Å². The van der Waals surface area contributed by atoms with Crippen molar-refractivity contribution in [2.45, 2.75) is 39.7 Å². The van der Waals surface area contributed by atoms with E-state index in [0.29, 0.717) is 22.5 Å². The van der Waals surface area contributed by atoms with E-state index in [-0.39, 0.29) is 24.1 Å². The summed E-state index contributed by atoms with van der Waals surface area (Å²) in [6.45, 7) is 4.95. The number of hydrogen-bond donors (Lipinski definition) is 2. The number of benzene rings is 1. The van der Waals surface area contributed by atoms with Gasteiger partial charge in [-0.3, -0.25) is 19.2 Å². The third kappa shape index (κ3) is 6.83. The maximum atomic E-state index is 12.4. The molecule has 0 saturated carbocycles. The van der Waals surface area contributed by atoms with Gasteiger partial charge in [-0.1, -0.05) is 6.92 Å². The second-order valence-corrected chi connectivity index (χ2v) is 7.75. The zero-order valence-electron chi connectivity index (χ0n) is 16.6. The highest BCUT2D eigenvalue weighted by Crippen LogP contribution is 2.15. The Labute approximate surface area is 173 Å². The largest absolute Gasteiger partial charge is 0.453 e. The van der Waals surface area contributed by atoms with Crippen LogP contribution in [0.15, 0.2) is 36.4 Å². The molecule has 0 aliphatic heterocycles. The lowest BCUT2D eigenvalue weighted by atomic mass is 10.1. The number of nitrogens with one attached hydrogen (secondary N) is 2. The van der Waals surface area contributed by atoms with Gasteiger partial charge in [-0.25, -0.2) is 0 Å². The summed E-state index contributed by atoms with van der Waals surface area (Å²) in [5.74, 6) is -1.52. The van der Waals surface area contributed by atoms with Gasteiger partial charge in [0, 0.05) is 22.5 Å². The van der Waals surface area contributed by atoms with Crippen LogP contribution < -0.4 is 10.6 Å². The standard InChI is InChI=1S/C21H24N2O5S/c1-4-5-18(24)23-16-9-7-15(8-10-16)20(26)14(3)28-19(25)12-22-21(27)17-11-6-13(2)29-17/h6-11,14H,4-5,12H2,1-3H3,(H,22,27)(H,23,24). The van der Waals surface area contributed by atoms with E-state index in [2.05, 4.69) is 10.6 Å². The lowest BCUT2D eigenvalue weighted by Crippen LogP contribution is -2.33. The van der Waals surface area contributed by atoms with Gasteiger partial charge < -0.3 is 15.4 Å². The number of ether oxygens (including phenoxy) is 1. The molecule has 2 rings (SSSR count). The maximum Gasteiger partial charge on any atom is 0.326 e. The molecule has 0 bridgehead atoms. The van der Waals surface area contributed by atoms with Crippen LogP contribution in [0.4, 0.5) is 5.69 Å². The molecule has 0 spiro atoms. The summed E-state index contributed by atoms with van der Waals surface area (Å²) in [6.07, 6.45) is 0.179. The van der Waals surface area contributed by atoms with Gasteiger partial charge in [-0.05, 0) is 56.7 Å². The van der Waals surface area contributed by atoms with Crippen molar-refractivity contribution in [1.29, 1.82) is 0 Å². The van der Waals surface area contributed by atoms with Gasteiger partial charge in [0.25, 0.3) is 5.91 Å². The molecule has 0 radical (unpaired) electrons. The summed E-state index contributed by atoms with van der Waals surface area (Å²) in [5.41, 5.74) is 0.952. The van der Waals surface area contributed by atoms with Gasteiger partial charge in [0.05, 0.1) is 4.88 Å². The number of ketones is 1. The molecule has 1 aromatic carbocycles. The molecule has 154 valence electrons. The third-order valence-corrected chi connectivity index (χ3v) is 4.96. The Kier molecular flexibility index (Phi) is 8.09. The fourth-order valence-corrected chi connectivity index (χ4v) is 3.28. The van der Waals surface area contributed by atoms with E-state index >= 15 is 0 Å². The summed E-state index contributed by atoms with van der Waals surface area (Å²) in [4.78, 5) is 49.4. The summed E-state index contributed by atoms with van der Waals surface area (Å²) < 4.78 is 5.12. The minimum Gasteiger partial charge on any atom is -0.453 e. The van der Waals surface area contributed by atoms with Crippen molar-refractivity contribution >= 4 is 40.6 Å². The van der Waals surface area contributed by atoms with E-state index < -0.39 is 12.1 Å². The highest BCUT2D eigenvalue weighted by Gasteiger charge is 2.20. The number of Topliss-reactive ketones (excluding diaryl/α,β-unsaturated/α-hetero) is 1. The number of hydrogen-bond acceptors (Lipinski definition) is 6. The first-order chi connectivity index (χ1) is 13.8. The highest BCUT2D eigenvalue weighted by atomic mass is 32.1. The number of carbonyl (C=O) groups excluding carboxylic acids is 4. The molecule has 29 heavy (non-hydrogen) atoms. The van der Waals surface area contributed by atoms with Gasteiger partial charge >= 0.3 is 5.97 Å². The molecule has 7 nitrogen and oxygen atoms in total. The number of esters is 1. The monoisotopic (exact) mass is 416 g/mol. The van der Waals surface area contributed by atoms with Gasteiger partial charge in [-0.15, -0.1) is 11.3 Å². The lowest BCUT2D eigenvalue weighted by molar-refractivity contribution is -0.145. The van der Waals surface area contributed by atoms with Crippen molar-refractivity contribution < 1.29 is 23.9 Å². The second-order valence-electron chi connectivity index (χ2n) is 6.46. The van der Waals surface area contributed by atoms with E-state index in [1.807, 2.05) is 19.9 Å². The van der Waals surface area contributed by atoms with Crippen LogP contribution in [0.5, 0.6) is 0 Å². The molecular weight excluding hydrogens is 392 g/mol. The second kappa shape index (κ2) is 10.5. The summed E-state index contributed by atoms with van der Waals surface area (Å²) in [7, 11) is 0. The Morgan fingerprint density at radius 2 is 1.76 bits per heavy atom. The molecule has 0 saturated heterocycles. The maximum absolute atomic E-state index is 12.4. The number of carbonyl (C=O) groups is 4. The zero-order chi connectivity index (χ0) is 21.4. The Morgan fingerprint density at radius 3 is 2.34 bits per heavy atom. The van der Waals surface area contributed by atoms with Crippen LogP contribution >= 0.6 is 11.3 Å². The Bertz CT molecular complexity index is 889. The quantitative estimate of drug-likeness (QED) is 0.482. The van der Waals surface area contributed by atoms with Gasteiger partial charge in [0.1, 0.15) is 6.54 Å².